The Kier molecular flexibility index (Phi) is 12.2. The third-order valence-corrected chi connectivity index (χ3v) is 6.09. The Morgan fingerprint density at radius 3 is 1.24 bits per heavy atom. The molecule has 0 bridgehead atoms. The van der Waals surface area contributed by atoms with Gasteiger partial charge in [-0.15, -0.1) is 0 Å². The largest absolute Gasteiger partial charge is 0.507 e. The Balaban J connectivity index is 0.000000280. The molecule has 13 heteroatoms. The molecule has 0 spiro atoms. The normalized spacial score (nSPS) is 10.6. The minimum atomic E-state index is -1.23. The summed E-state index contributed by atoms with van der Waals surface area (Å²) in [7, 11) is 0. The zero-order valence-electron chi connectivity index (χ0n) is 20.5. The molecular formula is C28H20Br2N2O8Pd. The van der Waals surface area contributed by atoms with Crippen molar-refractivity contribution in [3.05, 3.63) is 104 Å². The van der Waals surface area contributed by atoms with Gasteiger partial charge in [-0.25, -0.2) is 9.59 Å². The molecule has 6 N–H and O–H groups in total. The first-order valence-electron chi connectivity index (χ1n) is 11.1. The number of halogens is 2. The van der Waals surface area contributed by atoms with Gasteiger partial charge in [-0.3, -0.25) is 9.98 Å². The van der Waals surface area contributed by atoms with Crippen LogP contribution in [0.25, 0.3) is 0 Å². The van der Waals surface area contributed by atoms with Crippen molar-refractivity contribution >= 4 is 67.6 Å². The summed E-state index contributed by atoms with van der Waals surface area (Å²) in [5.74, 6) is -2.97. The number of phenols is 4. The van der Waals surface area contributed by atoms with Gasteiger partial charge in [0.15, 0.2) is 0 Å². The molecule has 0 unspecified atom stereocenters. The summed E-state index contributed by atoms with van der Waals surface area (Å²) in [6.45, 7) is 0. The van der Waals surface area contributed by atoms with Gasteiger partial charge in [0.05, 0.1) is 11.4 Å². The van der Waals surface area contributed by atoms with Gasteiger partial charge in [0.1, 0.15) is 34.1 Å². The fraction of sp³-hybridized carbons (Fsp3) is 0. The minimum absolute atomic E-state index is 0. The second-order valence-electron chi connectivity index (χ2n) is 7.94. The molecule has 4 aromatic carbocycles. The molecule has 0 saturated carbocycles. The van der Waals surface area contributed by atoms with Crippen molar-refractivity contribution < 1.29 is 60.7 Å². The van der Waals surface area contributed by atoms with E-state index < -0.39 is 11.9 Å². The molecule has 0 aromatic heterocycles. The van der Waals surface area contributed by atoms with Crippen LogP contribution in [-0.2, 0) is 20.4 Å². The summed E-state index contributed by atoms with van der Waals surface area (Å²) < 4.78 is 1.57. The molecule has 41 heavy (non-hydrogen) atoms. The molecule has 0 radical (unpaired) electrons. The quantitative estimate of drug-likeness (QED) is 0.0934. The molecule has 214 valence electrons. The fourth-order valence-corrected chi connectivity index (χ4v) is 3.85. The van der Waals surface area contributed by atoms with Gasteiger partial charge in [-0.1, -0.05) is 31.9 Å². The average molecular weight is 779 g/mol. The van der Waals surface area contributed by atoms with E-state index >= 15 is 0 Å². The van der Waals surface area contributed by atoms with Crippen molar-refractivity contribution in [1.82, 2.24) is 0 Å². The van der Waals surface area contributed by atoms with E-state index in [4.69, 9.17) is 10.2 Å². The number of aromatic carboxylic acids is 2. The van der Waals surface area contributed by atoms with Crippen molar-refractivity contribution in [2.75, 3.05) is 0 Å². The maximum atomic E-state index is 10.9. The summed E-state index contributed by atoms with van der Waals surface area (Å²) in [6, 6.07) is 17.8. The van der Waals surface area contributed by atoms with E-state index in [-0.39, 0.29) is 54.5 Å². The van der Waals surface area contributed by atoms with E-state index in [1.807, 2.05) is 0 Å². The van der Waals surface area contributed by atoms with Crippen molar-refractivity contribution in [1.29, 1.82) is 0 Å². The first-order valence-corrected chi connectivity index (χ1v) is 12.7. The maximum Gasteiger partial charge on any atom is 0.339 e. The molecule has 4 rings (SSSR count). The van der Waals surface area contributed by atoms with Gasteiger partial charge in [-0.05, 0) is 72.8 Å². The smallest absolute Gasteiger partial charge is 0.339 e. The zero-order valence-corrected chi connectivity index (χ0v) is 25.3. The van der Waals surface area contributed by atoms with Crippen LogP contribution in [0, 0.1) is 0 Å². The molecule has 0 saturated heterocycles. The fourth-order valence-electron chi connectivity index (χ4n) is 3.10. The number of nitrogens with zero attached hydrogens (tertiary/aromatic N) is 2. The number of hydrogen-bond donors (Lipinski definition) is 6. The number of phenolic OH excluding ortho intramolecular Hbond substituents is 2. The van der Waals surface area contributed by atoms with E-state index in [9.17, 15) is 30.0 Å². The number of aliphatic imine (C=N–C) groups is 2. The standard InChI is InChI=1S/2C14H10BrNO4.Pd/c2*15-9-1-3-12(17)8(5-9)7-16-10-2-4-13(18)11(6-10)14(19)20;/h2*1-7,17-18H,(H,19,20);. The Morgan fingerprint density at radius 1 is 0.561 bits per heavy atom. The summed E-state index contributed by atoms with van der Waals surface area (Å²) in [4.78, 5) is 29.9. The summed E-state index contributed by atoms with van der Waals surface area (Å²) >= 11 is 6.56. The Labute approximate surface area is 263 Å². The number of carboxylic acid groups (broad SMARTS) is 2. The number of hydrogen-bond acceptors (Lipinski definition) is 8. The van der Waals surface area contributed by atoms with Crippen LogP contribution in [0.5, 0.6) is 23.0 Å². The Bertz CT molecular complexity index is 1520. The first-order chi connectivity index (χ1) is 18.9. The van der Waals surface area contributed by atoms with Crippen molar-refractivity contribution in [2.45, 2.75) is 0 Å². The predicted molar refractivity (Wildman–Crippen MR) is 156 cm³/mol. The molecule has 0 atom stereocenters. The molecule has 10 nitrogen and oxygen atoms in total. The van der Waals surface area contributed by atoms with Crippen LogP contribution in [0.2, 0.25) is 0 Å². The summed E-state index contributed by atoms with van der Waals surface area (Å²) in [6.07, 6.45) is 2.83. The van der Waals surface area contributed by atoms with Crippen LogP contribution in [0.3, 0.4) is 0 Å². The number of carboxylic acids is 2. The van der Waals surface area contributed by atoms with Crippen LogP contribution in [0.4, 0.5) is 11.4 Å². The molecular weight excluding hydrogens is 759 g/mol. The molecule has 0 aliphatic rings. The molecule has 0 heterocycles. The number of benzene rings is 4. The van der Waals surface area contributed by atoms with Crippen molar-refractivity contribution in [3.8, 4) is 23.0 Å². The summed E-state index contributed by atoms with van der Waals surface area (Å²) in [5.41, 5.74) is 1.25. The summed E-state index contributed by atoms with van der Waals surface area (Å²) in [5, 5.41) is 55.9. The monoisotopic (exact) mass is 776 g/mol. The van der Waals surface area contributed by atoms with Crippen LogP contribution < -0.4 is 0 Å². The van der Waals surface area contributed by atoms with Gasteiger partial charge in [0.25, 0.3) is 0 Å². The van der Waals surface area contributed by atoms with E-state index in [1.54, 1.807) is 24.3 Å². The van der Waals surface area contributed by atoms with E-state index in [1.165, 1.54) is 61.0 Å². The number of carbonyl (C=O) groups is 2. The van der Waals surface area contributed by atoms with Gasteiger partial charge >= 0.3 is 11.9 Å². The van der Waals surface area contributed by atoms with E-state index in [2.05, 4.69) is 41.8 Å². The van der Waals surface area contributed by atoms with Crippen molar-refractivity contribution in [2.24, 2.45) is 9.98 Å². The van der Waals surface area contributed by atoms with E-state index in [0.717, 1.165) is 8.95 Å². The zero-order chi connectivity index (χ0) is 29.4. The van der Waals surface area contributed by atoms with Gasteiger partial charge in [-0.2, -0.15) is 0 Å². The third kappa shape index (κ3) is 9.54. The average Bonchev–Trinajstić information content (AvgIpc) is 2.91. The molecule has 0 aliphatic heterocycles. The van der Waals surface area contributed by atoms with Crippen LogP contribution in [0.15, 0.2) is 91.7 Å². The molecule has 0 amide bonds. The topological polar surface area (TPSA) is 180 Å². The second kappa shape index (κ2) is 15.1. The van der Waals surface area contributed by atoms with Crippen LogP contribution in [0.1, 0.15) is 31.8 Å². The molecule has 4 aromatic rings. The Hall–Kier alpha value is -4.02. The third-order valence-electron chi connectivity index (χ3n) is 5.11. The SMILES string of the molecule is O=C(O)c1cc(N=Cc2cc(Br)ccc2O)ccc1O.O=C(O)c1cc(N=Cc2cc(Br)ccc2O)ccc1O.[Pd]. The van der Waals surface area contributed by atoms with Crippen LogP contribution >= 0.6 is 31.9 Å². The Morgan fingerprint density at radius 2 is 0.902 bits per heavy atom. The molecule has 0 fully saturated rings. The second-order valence-corrected chi connectivity index (χ2v) is 9.77. The van der Waals surface area contributed by atoms with Gasteiger partial charge in [0.2, 0.25) is 0 Å². The van der Waals surface area contributed by atoms with Gasteiger partial charge in [0, 0.05) is 52.9 Å². The predicted octanol–water partition coefficient (Wildman–Crippen LogP) is 6.62. The minimum Gasteiger partial charge on any atom is -0.507 e. The van der Waals surface area contributed by atoms with E-state index in [0.29, 0.717) is 22.5 Å². The maximum absolute atomic E-state index is 10.9. The number of rotatable bonds is 6. The number of aromatic hydroxyl groups is 4. The van der Waals surface area contributed by atoms with Gasteiger partial charge < -0.3 is 30.6 Å². The molecule has 0 aliphatic carbocycles. The van der Waals surface area contributed by atoms with Crippen LogP contribution in [-0.4, -0.2) is 55.0 Å². The van der Waals surface area contributed by atoms with Crippen molar-refractivity contribution in [3.63, 3.8) is 0 Å². The first kappa shape index (κ1) is 33.2.